The van der Waals surface area contributed by atoms with Gasteiger partial charge in [-0.05, 0) is 18.1 Å². The lowest BCUT2D eigenvalue weighted by Crippen LogP contribution is -2.03. The molecule has 0 aromatic carbocycles. The minimum atomic E-state index is 0.630. The molecule has 0 unspecified atom stereocenters. The fourth-order valence-corrected chi connectivity index (χ4v) is 1.64. The molecular weight excluding hydrogens is 174 g/mol. The second-order valence-corrected chi connectivity index (χ2v) is 4.04. The Bertz CT molecular complexity index is 443. The molecule has 3 nitrogen and oxygen atoms in total. The fourth-order valence-electron chi connectivity index (χ4n) is 1.64. The van der Waals surface area contributed by atoms with Crippen LogP contribution in [-0.4, -0.2) is 9.55 Å². The number of aromatic nitrogens is 2. The van der Waals surface area contributed by atoms with Gasteiger partial charge in [0.15, 0.2) is 0 Å². The Kier molecular flexibility index (Phi) is 2.15. The largest absolute Gasteiger partial charge is 0.397 e. The van der Waals surface area contributed by atoms with Crippen molar-refractivity contribution in [2.24, 2.45) is 5.92 Å². The Balaban J connectivity index is 2.47. The highest BCUT2D eigenvalue weighted by Gasteiger charge is 2.03. The van der Waals surface area contributed by atoms with E-state index >= 15 is 0 Å². The van der Waals surface area contributed by atoms with E-state index in [2.05, 4.69) is 35.7 Å². The van der Waals surface area contributed by atoms with Gasteiger partial charge >= 0.3 is 0 Å². The number of fused-ring (bicyclic) bond motifs is 1. The number of nitrogens with two attached hydrogens (primary N) is 1. The molecule has 0 saturated carbocycles. The van der Waals surface area contributed by atoms with Crippen LogP contribution in [0.3, 0.4) is 0 Å². The van der Waals surface area contributed by atoms with Crippen LogP contribution < -0.4 is 5.73 Å². The highest BCUT2D eigenvalue weighted by molar-refractivity contribution is 5.79. The summed E-state index contributed by atoms with van der Waals surface area (Å²) in [4.78, 5) is 4.33. The van der Waals surface area contributed by atoms with E-state index in [1.165, 1.54) is 0 Å². The van der Waals surface area contributed by atoms with E-state index in [0.717, 1.165) is 23.3 Å². The molecule has 0 aliphatic heterocycles. The quantitative estimate of drug-likeness (QED) is 0.787. The van der Waals surface area contributed by atoms with Gasteiger partial charge in [0.25, 0.3) is 0 Å². The van der Waals surface area contributed by atoms with Crippen LogP contribution in [0.25, 0.3) is 11.0 Å². The van der Waals surface area contributed by atoms with Crippen molar-refractivity contribution in [2.75, 3.05) is 5.73 Å². The van der Waals surface area contributed by atoms with Gasteiger partial charge in [-0.25, -0.2) is 4.98 Å². The van der Waals surface area contributed by atoms with Crippen molar-refractivity contribution < 1.29 is 0 Å². The molecule has 0 bridgehead atoms. The first-order valence-electron chi connectivity index (χ1n) is 4.87. The van der Waals surface area contributed by atoms with E-state index in [4.69, 9.17) is 5.73 Å². The number of anilines is 1. The van der Waals surface area contributed by atoms with Gasteiger partial charge < -0.3 is 10.3 Å². The first-order chi connectivity index (χ1) is 6.66. The van der Waals surface area contributed by atoms with Gasteiger partial charge in [0, 0.05) is 18.1 Å². The van der Waals surface area contributed by atoms with Crippen molar-refractivity contribution in [2.45, 2.75) is 20.4 Å². The standard InChI is InChI=1S/C11H15N3/c1-8(2)7-14-4-3-9-5-10(12)6-13-11(9)14/h3-6,8H,7,12H2,1-2H3. The highest BCUT2D eigenvalue weighted by atomic mass is 15.0. The van der Waals surface area contributed by atoms with Crippen LogP contribution in [-0.2, 0) is 6.54 Å². The maximum atomic E-state index is 5.66. The first-order valence-corrected chi connectivity index (χ1v) is 4.87. The molecule has 2 rings (SSSR count). The predicted molar refractivity (Wildman–Crippen MR) is 59.0 cm³/mol. The molecule has 2 aromatic rings. The molecule has 0 saturated heterocycles. The second-order valence-electron chi connectivity index (χ2n) is 4.04. The van der Waals surface area contributed by atoms with E-state index in [-0.39, 0.29) is 0 Å². The highest BCUT2D eigenvalue weighted by Crippen LogP contribution is 2.16. The summed E-state index contributed by atoms with van der Waals surface area (Å²) >= 11 is 0. The summed E-state index contributed by atoms with van der Waals surface area (Å²) in [7, 11) is 0. The van der Waals surface area contributed by atoms with E-state index in [0.29, 0.717) is 5.92 Å². The monoisotopic (exact) mass is 189 g/mol. The number of hydrogen-bond donors (Lipinski definition) is 1. The summed E-state index contributed by atoms with van der Waals surface area (Å²) < 4.78 is 2.17. The lowest BCUT2D eigenvalue weighted by Gasteiger charge is -2.07. The van der Waals surface area contributed by atoms with Gasteiger partial charge in [-0.1, -0.05) is 13.8 Å². The lowest BCUT2D eigenvalue weighted by atomic mass is 10.2. The molecule has 3 heteroatoms. The summed E-state index contributed by atoms with van der Waals surface area (Å²) in [6, 6.07) is 4.01. The van der Waals surface area contributed by atoms with Crippen LogP contribution >= 0.6 is 0 Å². The van der Waals surface area contributed by atoms with Crippen molar-refractivity contribution >= 4 is 16.7 Å². The average Bonchev–Trinajstić information content (AvgIpc) is 2.47. The molecule has 0 aliphatic carbocycles. The predicted octanol–water partition coefficient (Wildman–Crippen LogP) is 2.27. The van der Waals surface area contributed by atoms with E-state index in [1.807, 2.05) is 6.07 Å². The molecule has 0 aliphatic rings. The van der Waals surface area contributed by atoms with Crippen molar-refractivity contribution in [3.05, 3.63) is 24.5 Å². The molecule has 0 amide bonds. The van der Waals surface area contributed by atoms with Crippen molar-refractivity contribution in [3.63, 3.8) is 0 Å². The summed E-state index contributed by atoms with van der Waals surface area (Å²) in [5.74, 6) is 0.630. The zero-order valence-corrected chi connectivity index (χ0v) is 8.57. The molecule has 0 radical (unpaired) electrons. The minimum Gasteiger partial charge on any atom is -0.397 e. The Labute approximate surface area is 83.6 Å². The van der Waals surface area contributed by atoms with Crippen LogP contribution in [0.1, 0.15) is 13.8 Å². The molecule has 2 aromatic heterocycles. The zero-order valence-electron chi connectivity index (χ0n) is 8.57. The number of rotatable bonds is 2. The van der Waals surface area contributed by atoms with Crippen LogP contribution in [0.2, 0.25) is 0 Å². The molecule has 2 N–H and O–H groups in total. The second kappa shape index (κ2) is 3.33. The third-order valence-corrected chi connectivity index (χ3v) is 2.18. The van der Waals surface area contributed by atoms with Gasteiger partial charge in [-0.15, -0.1) is 0 Å². The normalized spacial score (nSPS) is 11.4. The van der Waals surface area contributed by atoms with Gasteiger partial charge in [-0.3, -0.25) is 0 Å². The minimum absolute atomic E-state index is 0.630. The molecule has 74 valence electrons. The number of nitrogens with zero attached hydrogens (tertiary/aromatic N) is 2. The molecule has 2 heterocycles. The maximum absolute atomic E-state index is 5.66. The fraction of sp³-hybridized carbons (Fsp3) is 0.364. The van der Waals surface area contributed by atoms with Gasteiger partial charge in [0.1, 0.15) is 5.65 Å². The van der Waals surface area contributed by atoms with Crippen LogP contribution in [0.5, 0.6) is 0 Å². The summed E-state index contributed by atoms with van der Waals surface area (Å²) in [5, 5.41) is 1.12. The smallest absolute Gasteiger partial charge is 0.139 e. The van der Waals surface area contributed by atoms with Crippen LogP contribution in [0.15, 0.2) is 24.5 Å². The Morgan fingerprint density at radius 2 is 2.29 bits per heavy atom. The molecule has 0 atom stereocenters. The molecule has 0 spiro atoms. The summed E-state index contributed by atoms with van der Waals surface area (Å²) in [6.45, 7) is 5.40. The van der Waals surface area contributed by atoms with Crippen molar-refractivity contribution in [3.8, 4) is 0 Å². The SMILES string of the molecule is CC(C)Cn1ccc2cc(N)cnc21. The van der Waals surface area contributed by atoms with Crippen LogP contribution in [0, 0.1) is 5.92 Å². The van der Waals surface area contributed by atoms with Crippen LogP contribution in [0.4, 0.5) is 5.69 Å². The topological polar surface area (TPSA) is 43.8 Å². The summed E-state index contributed by atoms with van der Waals surface area (Å²) in [5.41, 5.74) is 7.41. The number of pyridine rings is 1. The van der Waals surface area contributed by atoms with Gasteiger partial charge in [-0.2, -0.15) is 0 Å². The van der Waals surface area contributed by atoms with Gasteiger partial charge in [0.05, 0.1) is 11.9 Å². The number of hydrogen-bond acceptors (Lipinski definition) is 2. The Morgan fingerprint density at radius 1 is 1.50 bits per heavy atom. The maximum Gasteiger partial charge on any atom is 0.139 e. The third-order valence-electron chi connectivity index (χ3n) is 2.18. The van der Waals surface area contributed by atoms with Crippen molar-refractivity contribution in [1.82, 2.24) is 9.55 Å². The van der Waals surface area contributed by atoms with E-state index < -0.39 is 0 Å². The molecule has 0 fully saturated rings. The first kappa shape index (κ1) is 9.06. The van der Waals surface area contributed by atoms with Crippen molar-refractivity contribution in [1.29, 1.82) is 0 Å². The molecular formula is C11H15N3. The Morgan fingerprint density at radius 3 is 3.00 bits per heavy atom. The van der Waals surface area contributed by atoms with E-state index in [9.17, 15) is 0 Å². The third kappa shape index (κ3) is 1.58. The summed E-state index contributed by atoms with van der Waals surface area (Å²) in [6.07, 6.45) is 3.77. The lowest BCUT2D eigenvalue weighted by molar-refractivity contribution is 0.533. The van der Waals surface area contributed by atoms with Gasteiger partial charge in [0.2, 0.25) is 0 Å². The van der Waals surface area contributed by atoms with E-state index in [1.54, 1.807) is 6.20 Å². The zero-order chi connectivity index (χ0) is 10.1. The number of nitrogen functional groups attached to an aromatic ring is 1. The average molecular weight is 189 g/mol. The molecule has 14 heavy (non-hydrogen) atoms. The Hall–Kier alpha value is -1.51.